The predicted molar refractivity (Wildman–Crippen MR) is 68.1 cm³/mol. The molecule has 0 aromatic carbocycles. The molecule has 2 heterocycles. The van der Waals surface area contributed by atoms with Crippen molar-refractivity contribution in [3.8, 4) is 6.07 Å². The van der Waals surface area contributed by atoms with Gasteiger partial charge in [-0.15, -0.1) is 10.2 Å². The van der Waals surface area contributed by atoms with Crippen LogP contribution in [0.3, 0.4) is 0 Å². The summed E-state index contributed by atoms with van der Waals surface area (Å²) < 4.78 is 2.04. The number of nitrogens with zero attached hydrogens (tertiary/aromatic N) is 4. The number of nitriles is 1. The second kappa shape index (κ2) is 4.77. The summed E-state index contributed by atoms with van der Waals surface area (Å²) >= 11 is 0. The molecule has 1 aliphatic rings. The highest BCUT2D eigenvalue weighted by Gasteiger charge is 2.19. The van der Waals surface area contributed by atoms with E-state index in [0.29, 0.717) is 11.5 Å². The van der Waals surface area contributed by atoms with Crippen molar-refractivity contribution in [1.82, 2.24) is 14.6 Å². The number of pyridine rings is 1. The Kier molecular flexibility index (Phi) is 2.97. The summed E-state index contributed by atoms with van der Waals surface area (Å²) in [4.78, 5) is 0. The zero-order valence-electron chi connectivity index (χ0n) is 10.3. The van der Waals surface area contributed by atoms with Gasteiger partial charge in [0.2, 0.25) is 0 Å². The molecule has 0 amide bonds. The van der Waals surface area contributed by atoms with Crippen LogP contribution in [-0.2, 0) is 0 Å². The number of aromatic nitrogens is 3. The van der Waals surface area contributed by atoms with E-state index in [1.165, 1.54) is 38.5 Å². The van der Waals surface area contributed by atoms with Gasteiger partial charge in [0.1, 0.15) is 5.82 Å². The van der Waals surface area contributed by atoms with Crippen molar-refractivity contribution in [2.45, 2.75) is 44.4 Å². The van der Waals surface area contributed by atoms with Gasteiger partial charge in [0.25, 0.3) is 0 Å². The molecule has 4 heteroatoms. The molecule has 2 aromatic heterocycles. The van der Waals surface area contributed by atoms with Crippen molar-refractivity contribution in [2.24, 2.45) is 0 Å². The van der Waals surface area contributed by atoms with E-state index < -0.39 is 0 Å². The summed E-state index contributed by atoms with van der Waals surface area (Å²) in [5, 5.41) is 17.4. The van der Waals surface area contributed by atoms with Crippen LogP contribution in [0, 0.1) is 11.3 Å². The smallest absolute Gasteiger partial charge is 0.162 e. The van der Waals surface area contributed by atoms with Gasteiger partial charge in [0, 0.05) is 18.2 Å². The van der Waals surface area contributed by atoms with Gasteiger partial charge in [-0.05, 0) is 18.9 Å². The van der Waals surface area contributed by atoms with Gasteiger partial charge in [-0.25, -0.2) is 0 Å². The number of fused-ring (bicyclic) bond motifs is 1. The van der Waals surface area contributed by atoms with E-state index in [1.54, 1.807) is 6.07 Å². The van der Waals surface area contributed by atoms with E-state index in [0.717, 1.165) is 11.5 Å². The molecule has 0 spiro atoms. The average Bonchev–Trinajstić information content (AvgIpc) is 2.64. The number of rotatable bonds is 1. The van der Waals surface area contributed by atoms with E-state index in [9.17, 15) is 0 Å². The quantitative estimate of drug-likeness (QED) is 0.720. The maximum absolute atomic E-state index is 8.88. The lowest BCUT2D eigenvalue weighted by atomic mass is 10.00. The average molecular weight is 240 g/mol. The topological polar surface area (TPSA) is 54.0 Å². The van der Waals surface area contributed by atoms with Gasteiger partial charge >= 0.3 is 0 Å². The van der Waals surface area contributed by atoms with E-state index in [4.69, 9.17) is 5.26 Å². The van der Waals surface area contributed by atoms with Crippen molar-refractivity contribution < 1.29 is 0 Å². The normalized spacial score (nSPS) is 17.5. The summed E-state index contributed by atoms with van der Waals surface area (Å²) in [6.45, 7) is 0. The minimum atomic E-state index is 0.524. The van der Waals surface area contributed by atoms with Crippen LogP contribution in [0.15, 0.2) is 18.3 Å². The molecule has 0 atom stereocenters. The molecule has 0 radical (unpaired) electrons. The Morgan fingerprint density at radius 3 is 2.67 bits per heavy atom. The number of hydrogen-bond donors (Lipinski definition) is 0. The van der Waals surface area contributed by atoms with E-state index in [2.05, 4.69) is 16.3 Å². The fraction of sp³-hybridized carbons (Fsp3) is 0.500. The van der Waals surface area contributed by atoms with Crippen LogP contribution in [0.2, 0.25) is 0 Å². The lowest BCUT2D eigenvalue weighted by Gasteiger charge is -2.11. The Balaban J connectivity index is 1.99. The molecule has 4 nitrogen and oxygen atoms in total. The molecule has 0 bridgehead atoms. The zero-order valence-corrected chi connectivity index (χ0v) is 10.3. The maximum atomic E-state index is 8.88. The highest BCUT2D eigenvalue weighted by Crippen LogP contribution is 2.30. The van der Waals surface area contributed by atoms with Crippen LogP contribution in [0.1, 0.15) is 55.8 Å². The first-order valence-electron chi connectivity index (χ1n) is 6.63. The third-order valence-electron chi connectivity index (χ3n) is 3.79. The predicted octanol–water partition coefficient (Wildman–Crippen LogP) is 3.04. The SMILES string of the molecule is N#Cc1ccn2c(C3CCCCCC3)nnc2c1. The lowest BCUT2D eigenvalue weighted by Crippen LogP contribution is -2.03. The Bertz CT molecular complexity index is 585. The van der Waals surface area contributed by atoms with Gasteiger partial charge in [-0.2, -0.15) is 5.26 Å². The second-order valence-electron chi connectivity index (χ2n) is 5.00. The zero-order chi connectivity index (χ0) is 12.4. The van der Waals surface area contributed by atoms with Crippen molar-refractivity contribution >= 4 is 5.65 Å². The first-order chi connectivity index (χ1) is 8.88. The van der Waals surface area contributed by atoms with Crippen molar-refractivity contribution in [1.29, 1.82) is 5.26 Å². The third kappa shape index (κ3) is 1.97. The first-order valence-corrected chi connectivity index (χ1v) is 6.63. The van der Waals surface area contributed by atoms with Crippen LogP contribution in [0.5, 0.6) is 0 Å². The van der Waals surface area contributed by atoms with Crippen molar-refractivity contribution in [3.05, 3.63) is 29.7 Å². The van der Waals surface area contributed by atoms with E-state index >= 15 is 0 Å². The minimum Gasteiger partial charge on any atom is -0.286 e. The lowest BCUT2D eigenvalue weighted by molar-refractivity contribution is 0.555. The molecule has 0 aliphatic heterocycles. The third-order valence-corrected chi connectivity index (χ3v) is 3.79. The first kappa shape index (κ1) is 11.2. The molecule has 3 rings (SSSR count). The monoisotopic (exact) mass is 240 g/mol. The van der Waals surface area contributed by atoms with Crippen LogP contribution in [0.25, 0.3) is 5.65 Å². The van der Waals surface area contributed by atoms with Crippen LogP contribution < -0.4 is 0 Å². The van der Waals surface area contributed by atoms with Crippen LogP contribution >= 0.6 is 0 Å². The van der Waals surface area contributed by atoms with Gasteiger partial charge in [0.05, 0.1) is 11.6 Å². The minimum absolute atomic E-state index is 0.524. The van der Waals surface area contributed by atoms with Crippen molar-refractivity contribution in [3.63, 3.8) is 0 Å². The summed E-state index contributed by atoms with van der Waals surface area (Å²) in [5.74, 6) is 1.59. The molecular formula is C14H16N4. The standard InChI is InChI=1S/C14H16N4/c15-10-11-7-8-18-13(9-11)16-17-14(18)12-5-3-1-2-4-6-12/h7-9,12H,1-6H2. The van der Waals surface area contributed by atoms with E-state index in [-0.39, 0.29) is 0 Å². The highest BCUT2D eigenvalue weighted by atomic mass is 15.2. The second-order valence-corrected chi connectivity index (χ2v) is 5.00. The summed E-state index contributed by atoms with van der Waals surface area (Å²) in [6.07, 6.45) is 9.60. The molecule has 0 saturated heterocycles. The van der Waals surface area contributed by atoms with Crippen LogP contribution in [0.4, 0.5) is 0 Å². The van der Waals surface area contributed by atoms with Gasteiger partial charge < -0.3 is 0 Å². The van der Waals surface area contributed by atoms with Crippen molar-refractivity contribution in [2.75, 3.05) is 0 Å². The molecule has 2 aromatic rings. The maximum Gasteiger partial charge on any atom is 0.162 e. The fourth-order valence-corrected chi connectivity index (χ4v) is 2.79. The Hall–Kier alpha value is -1.89. The molecule has 18 heavy (non-hydrogen) atoms. The molecule has 1 aliphatic carbocycles. The molecule has 1 fully saturated rings. The molecule has 0 N–H and O–H groups in total. The van der Waals surface area contributed by atoms with Gasteiger partial charge in [-0.1, -0.05) is 25.7 Å². The molecule has 0 unspecified atom stereocenters. The van der Waals surface area contributed by atoms with E-state index in [1.807, 2.05) is 16.7 Å². The Morgan fingerprint density at radius 2 is 1.94 bits per heavy atom. The summed E-state index contributed by atoms with van der Waals surface area (Å²) in [6, 6.07) is 5.77. The van der Waals surface area contributed by atoms with Gasteiger partial charge in [-0.3, -0.25) is 4.40 Å². The number of hydrogen-bond acceptors (Lipinski definition) is 3. The largest absolute Gasteiger partial charge is 0.286 e. The summed E-state index contributed by atoms with van der Waals surface area (Å²) in [7, 11) is 0. The van der Waals surface area contributed by atoms with Gasteiger partial charge in [0.15, 0.2) is 5.65 Å². The summed E-state index contributed by atoms with van der Waals surface area (Å²) in [5.41, 5.74) is 1.43. The van der Waals surface area contributed by atoms with Crippen LogP contribution in [-0.4, -0.2) is 14.6 Å². The fourth-order valence-electron chi connectivity index (χ4n) is 2.79. The molecule has 1 saturated carbocycles. The molecule has 92 valence electrons. The Labute approximate surface area is 106 Å². The highest BCUT2D eigenvalue weighted by molar-refractivity contribution is 5.45. The molecular weight excluding hydrogens is 224 g/mol. The Morgan fingerprint density at radius 1 is 1.17 bits per heavy atom.